The Morgan fingerprint density at radius 2 is 1.77 bits per heavy atom. The highest BCUT2D eigenvalue weighted by Gasteiger charge is 2.10. The number of hydrogen-bond donors (Lipinski definition) is 1. The van der Waals surface area contributed by atoms with Crippen LogP contribution in [0, 0.1) is 13.8 Å². The molecule has 0 aliphatic carbocycles. The number of nitrogens with one attached hydrogen (secondary N) is 1. The van der Waals surface area contributed by atoms with Gasteiger partial charge in [0.1, 0.15) is 18.2 Å². The molecule has 0 saturated heterocycles. The van der Waals surface area contributed by atoms with E-state index in [-0.39, 0.29) is 0 Å². The van der Waals surface area contributed by atoms with Crippen molar-refractivity contribution in [1.82, 2.24) is 19.9 Å². The number of anilines is 1. The fourth-order valence-corrected chi connectivity index (χ4v) is 2.96. The number of rotatable bonds is 7. The zero-order valence-electron chi connectivity index (χ0n) is 17.0. The van der Waals surface area contributed by atoms with E-state index in [0.717, 1.165) is 39.6 Å². The maximum Gasteiger partial charge on any atom is 0.163 e. The van der Waals surface area contributed by atoms with Crippen molar-refractivity contribution < 1.29 is 4.74 Å². The Bertz CT molecular complexity index is 1100. The molecule has 0 aliphatic heterocycles. The first-order chi connectivity index (χ1) is 14.7. The van der Waals surface area contributed by atoms with Gasteiger partial charge in [-0.15, -0.1) is 0 Å². The van der Waals surface area contributed by atoms with Crippen molar-refractivity contribution in [1.29, 1.82) is 0 Å². The van der Waals surface area contributed by atoms with Gasteiger partial charge in [0, 0.05) is 42.0 Å². The second-order valence-electron chi connectivity index (χ2n) is 6.96. The molecule has 0 aliphatic rings. The molecular formula is C24H23N5O. The van der Waals surface area contributed by atoms with Gasteiger partial charge < -0.3 is 10.1 Å². The first-order valence-electron chi connectivity index (χ1n) is 9.80. The van der Waals surface area contributed by atoms with Gasteiger partial charge in [0.25, 0.3) is 0 Å². The van der Waals surface area contributed by atoms with E-state index < -0.39 is 0 Å². The number of benzene rings is 1. The summed E-state index contributed by atoms with van der Waals surface area (Å²) in [5, 5.41) is 3.44. The van der Waals surface area contributed by atoms with Gasteiger partial charge in [0.2, 0.25) is 0 Å². The van der Waals surface area contributed by atoms with Crippen molar-refractivity contribution in [2.75, 3.05) is 5.32 Å². The number of hydrogen-bond acceptors (Lipinski definition) is 6. The van der Waals surface area contributed by atoms with E-state index in [4.69, 9.17) is 9.72 Å². The summed E-state index contributed by atoms with van der Waals surface area (Å²) in [6.07, 6.45) is 5.29. The van der Waals surface area contributed by atoms with Gasteiger partial charge in [-0.25, -0.2) is 9.97 Å². The SMILES string of the molecule is Cc1nc(-c2cccnc2)nc(NCc2ccc(OCc3ccccn3)cc2)c1C. The molecule has 0 spiro atoms. The molecule has 1 N–H and O–H groups in total. The van der Waals surface area contributed by atoms with Gasteiger partial charge in [0.15, 0.2) is 5.82 Å². The zero-order valence-corrected chi connectivity index (χ0v) is 17.0. The molecule has 4 aromatic rings. The third-order valence-corrected chi connectivity index (χ3v) is 4.81. The van der Waals surface area contributed by atoms with Crippen molar-refractivity contribution in [3.8, 4) is 17.1 Å². The summed E-state index contributed by atoms with van der Waals surface area (Å²) in [6, 6.07) is 17.7. The lowest BCUT2D eigenvalue weighted by atomic mass is 10.2. The van der Waals surface area contributed by atoms with Gasteiger partial charge in [-0.2, -0.15) is 0 Å². The summed E-state index contributed by atoms with van der Waals surface area (Å²) in [6.45, 7) is 5.13. The lowest BCUT2D eigenvalue weighted by molar-refractivity contribution is 0.301. The van der Waals surface area contributed by atoms with Crippen LogP contribution in [0.1, 0.15) is 22.5 Å². The van der Waals surface area contributed by atoms with Gasteiger partial charge in [-0.3, -0.25) is 9.97 Å². The number of nitrogens with zero attached hydrogens (tertiary/aromatic N) is 4. The molecule has 0 saturated carbocycles. The maximum atomic E-state index is 5.80. The predicted molar refractivity (Wildman–Crippen MR) is 117 cm³/mol. The summed E-state index contributed by atoms with van der Waals surface area (Å²) in [5.74, 6) is 2.32. The summed E-state index contributed by atoms with van der Waals surface area (Å²) in [4.78, 5) is 17.7. The van der Waals surface area contributed by atoms with Crippen molar-refractivity contribution in [2.45, 2.75) is 27.0 Å². The lowest BCUT2D eigenvalue weighted by Crippen LogP contribution is -2.07. The Morgan fingerprint density at radius 3 is 2.50 bits per heavy atom. The Labute approximate surface area is 176 Å². The van der Waals surface area contributed by atoms with E-state index in [1.54, 1.807) is 18.6 Å². The molecular weight excluding hydrogens is 374 g/mol. The van der Waals surface area contributed by atoms with E-state index in [9.17, 15) is 0 Å². The molecule has 0 unspecified atom stereocenters. The van der Waals surface area contributed by atoms with E-state index >= 15 is 0 Å². The molecule has 0 radical (unpaired) electrons. The zero-order chi connectivity index (χ0) is 20.8. The second-order valence-corrected chi connectivity index (χ2v) is 6.96. The first-order valence-corrected chi connectivity index (χ1v) is 9.80. The molecule has 3 heterocycles. The minimum absolute atomic E-state index is 0.453. The second kappa shape index (κ2) is 9.13. The van der Waals surface area contributed by atoms with Gasteiger partial charge >= 0.3 is 0 Å². The molecule has 1 aromatic carbocycles. The van der Waals surface area contributed by atoms with Crippen LogP contribution in [0.5, 0.6) is 5.75 Å². The normalized spacial score (nSPS) is 10.6. The summed E-state index contributed by atoms with van der Waals surface area (Å²) in [5.41, 5.74) is 4.93. The molecule has 3 aromatic heterocycles. The third kappa shape index (κ3) is 4.78. The van der Waals surface area contributed by atoms with Crippen molar-refractivity contribution in [3.05, 3.63) is 95.7 Å². The van der Waals surface area contributed by atoms with E-state index in [1.807, 2.05) is 68.4 Å². The van der Waals surface area contributed by atoms with Crippen LogP contribution in [0.3, 0.4) is 0 Å². The number of ether oxygens (including phenoxy) is 1. The molecule has 0 fully saturated rings. The maximum absolute atomic E-state index is 5.80. The highest BCUT2D eigenvalue weighted by molar-refractivity contribution is 5.58. The van der Waals surface area contributed by atoms with Crippen molar-refractivity contribution in [3.63, 3.8) is 0 Å². The fraction of sp³-hybridized carbons (Fsp3) is 0.167. The molecule has 0 atom stereocenters. The topological polar surface area (TPSA) is 72.8 Å². The molecule has 6 nitrogen and oxygen atoms in total. The number of aromatic nitrogens is 4. The Morgan fingerprint density at radius 1 is 0.900 bits per heavy atom. The standard InChI is InChI=1S/C24H23N5O/c1-17-18(2)28-24(20-6-5-12-25-15-20)29-23(17)27-14-19-8-10-22(11-9-19)30-16-21-7-3-4-13-26-21/h3-13,15H,14,16H2,1-2H3,(H,27,28,29). The average molecular weight is 397 g/mol. The largest absolute Gasteiger partial charge is 0.487 e. The Hall–Kier alpha value is -3.80. The summed E-state index contributed by atoms with van der Waals surface area (Å²) >= 11 is 0. The van der Waals surface area contributed by atoms with Crippen LogP contribution in [0.2, 0.25) is 0 Å². The van der Waals surface area contributed by atoms with Gasteiger partial charge in [-0.05, 0) is 55.8 Å². The van der Waals surface area contributed by atoms with Crippen LogP contribution < -0.4 is 10.1 Å². The predicted octanol–water partition coefficient (Wildman–Crippen LogP) is 4.74. The summed E-state index contributed by atoms with van der Waals surface area (Å²) in [7, 11) is 0. The fourth-order valence-electron chi connectivity index (χ4n) is 2.96. The minimum atomic E-state index is 0.453. The number of pyridine rings is 2. The third-order valence-electron chi connectivity index (χ3n) is 4.81. The Kier molecular flexibility index (Phi) is 5.94. The number of aryl methyl sites for hydroxylation is 1. The van der Waals surface area contributed by atoms with E-state index in [0.29, 0.717) is 19.0 Å². The molecule has 150 valence electrons. The van der Waals surface area contributed by atoms with Crippen LogP contribution >= 0.6 is 0 Å². The van der Waals surface area contributed by atoms with Crippen LogP contribution in [0.4, 0.5) is 5.82 Å². The lowest BCUT2D eigenvalue weighted by Gasteiger charge is -2.13. The monoisotopic (exact) mass is 397 g/mol. The first kappa shape index (κ1) is 19.5. The van der Waals surface area contributed by atoms with Crippen LogP contribution in [-0.4, -0.2) is 19.9 Å². The highest BCUT2D eigenvalue weighted by Crippen LogP contribution is 2.22. The van der Waals surface area contributed by atoms with Crippen molar-refractivity contribution >= 4 is 5.82 Å². The molecule has 6 heteroatoms. The smallest absolute Gasteiger partial charge is 0.163 e. The van der Waals surface area contributed by atoms with Gasteiger partial charge in [0.05, 0.1) is 5.69 Å². The van der Waals surface area contributed by atoms with Crippen LogP contribution in [0.25, 0.3) is 11.4 Å². The van der Waals surface area contributed by atoms with Crippen LogP contribution in [-0.2, 0) is 13.2 Å². The minimum Gasteiger partial charge on any atom is -0.487 e. The molecule has 0 bridgehead atoms. The summed E-state index contributed by atoms with van der Waals surface area (Å²) < 4.78 is 5.80. The van der Waals surface area contributed by atoms with Gasteiger partial charge in [-0.1, -0.05) is 18.2 Å². The van der Waals surface area contributed by atoms with Crippen LogP contribution in [0.15, 0.2) is 73.2 Å². The molecule has 0 amide bonds. The van der Waals surface area contributed by atoms with Crippen molar-refractivity contribution in [2.24, 2.45) is 0 Å². The van der Waals surface area contributed by atoms with E-state index in [2.05, 4.69) is 20.3 Å². The molecule has 4 rings (SSSR count). The quantitative estimate of drug-likeness (QED) is 0.485. The Balaban J connectivity index is 1.41. The van der Waals surface area contributed by atoms with E-state index in [1.165, 1.54) is 0 Å². The average Bonchev–Trinajstić information content (AvgIpc) is 2.80. The molecule has 30 heavy (non-hydrogen) atoms. The highest BCUT2D eigenvalue weighted by atomic mass is 16.5.